The lowest BCUT2D eigenvalue weighted by molar-refractivity contribution is -0.115. The maximum atomic E-state index is 12.1. The zero-order valence-electron chi connectivity index (χ0n) is 13.0. The van der Waals surface area contributed by atoms with Gasteiger partial charge in [0.25, 0.3) is 0 Å². The van der Waals surface area contributed by atoms with Crippen molar-refractivity contribution in [2.45, 2.75) is 25.7 Å². The molecule has 4 nitrogen and oxygen atoms in total. The highest BCUT2D eigenvalue weighted by atomic mass is 79.9. The molecule has 0 bridgehead atoms. The van der Waals surface area contributed by atoms with Gasteiger partial charge in [-0.1, -0.05) is 34.1 Å². The molecule has 1 aliphatic rings. The molecule has 0 aliphatic carbocycles. The number of halogens is 1. The Bertz CT molecular complexity index is 666. The number of carbonyl (C=O) groups is 1. The van der Waals surface area contributed by atoms with Crippen LogP contribution in [-0.2, 0) is 11.2 Å². The predicted molar refractivity (Wildman–Crippen MR) is 96.8 cm³/mol. The van der Waals surface area contributed by atoms with Crippen LogP contribution in [0.3, 0.4) is 0 Å². The van der Waals surface area contributed by atoms with Gasteiger partial charge in [-0.2, -0.15) is 0 Å². The summed E-state index contributed by atoms with van der Waals surface area (Å²) in [6.45, 7) is 2.19. The minimum absolute atomic E-state index is 0.0601. The summed E-state index contributed by atoms with van der Waals surface area (Å²) in [4.78, 5) is 18.9. The number of aromatic nitrogens is 1. The fourth-order valence-electron chi connectivity index (χ4n) is 2.80. The molecule has 2 heterocycles. The molecular weight excluding hydrogens is 354 g/mol. The number of nitrogens with one attached hydrogen (secondary N) is 1. The van der Waals surface area contributed by atoms with Crippen molar-refractivity contribution < 1.29 is 4.79 Å². The van der Waals surface area contributed by atoms with Crippen LogP contribution in [0.25, 0.3) is 0 Å². The lowest BCUT2D eigenvalue weighted by atomic mass is 10.1. The average molecular weight is 374 g/mol. The number of amides is 1. The van der Waals surface area contributed by atoms with Crippen LogP contribution in [0, 0.1) is 0 Å². The van der Waals surface area contributed by atoms with Gasteiger partial charge >= 0.3 is 0 Å². The van der Waals surface area contributed by atoms with E-state index in [-0.39, 0.29) is 5.91 Å². The number of hydrogen-bond acceptors (Lipinski definition) is 3. The molecule has 0 unspecified atom stereocenters. The van der Waals surface area contributed by atoms with Gasteiger partial charge in [-0.3, -0.25) is 4.79 Å². The van der Waals surface area contributed by atoms with Crippen molar-refractivity contribution in [1.29, 1.82) is 0 Å². The van der Waals surface area contributed by atoms with Gasteiger partial charge in [0.2, 0.25) is 5.91 Å². The molecule has 1 N–H and O–H groups in total. The number of carbonyl (C=O) groups excluding carboxylic acids is 1. The molecule has 23 heavy (non-hydrogen) atoms. The van der Waals surface area contributed by atoms with E-state index >= 15 is 0 Å². The summed E-state index contributed by atoms with van der Waals surface area (Å²) >= 11 is 3.46. The number of benzene rings is 1. The van der Waals surface area contributed by atoms with Crippen LogP contribution in [0.15, 0.2) is 47.1 Å². The monoisotopic (exact) mass is 373 g/mol. The summed E-state index contributed by atoms with van der Waals surface area (Å²) in [5.41, 5.74) is 2.10. The highest BCUT2D eigenvalue weighted by Gasteiger charge is 2.12. The van der Waals surface area contributed by atoms with Crippen molar-refractivity contribution in [2.75, 3.05) is 23.3 Å². The van der Waals surface area contributed by atoms with Crippen molar-refractivity contribution in [3.63, 3.8) is 0 Å². The molecule has 0 spiro atoms. The average Bonchev–Trinajstić information content (AvgIpc) is 2.58. The van der Waals surface area contributed by atoms with Crippen LogP contribution in [0.4, 0.5) is 11.5 Å². The quantitative estimate of drug-likeness (QED) is 0.880. The molecule has 0 saturated carbocycles. The topological polar surface area (TPSA) is 45.2 Å². The van der Waals surface area contributed by atoms with E-state index in [4.69, 9.17) is 0 Å². The SMILES string of the molecule is O=C(Cc1ccccc1Br)Nc1ccc(N2CCCCC2)cn1. The first-order valence-electron chi connectivity index (χ1n) is 7.96. The molecule has 1 amide bonds. The summed E-state index contributed by atoms with van der Waals surface area (Å²) in [6.07, 6.45) is 5.97. The maximum Gasteiger partial charge on any atom is 0.229 e. The number of nitrogens with zero attached hydrogens (tertiary/aromatic N) is 2. The van der Waals surface area contributed by atoms with E-state index in [0.717, 1.165) is 28.8 Å². The maximum absolute atomic E-state index is 12.1. The molecular formula is C18H20BrN3O. The van der Waals surface area contributed by atoms with Gasteiger partial charge in [-0.15, -0.1) is 0 Å². The molecule has 0 radical (unpaired) electrons. The number of pyridine rings is 1. The van der Waals surface area contributed by atoms with Crippen LogP contribution >= 0.6 is 15.9 Å². The molecule has 1 aliphatic heterocycles. The molecule has 1 aromatic carbocycles. The Hall–Kier alpha value is -1.88. The Kier molecular flexibility index (Phi) is 5.28. The van der Waals surface area contributed by atoms with Crippen molar-refractivity contribution in [3.8, 4) is 0 Å². The lowest BCUT2D eigenvalue weighted by Gasteiger charge is -2.28. The molecule has 3 rings (SSSR count). The second kappa shape index (κ2) is 7.59. The van der Waals surface area contributed by atoms with E-state index in [1.54, 1.807) is 0 Å². The van der Waals surface area contributed by atoms with Crippen molar-refractivity contribution in [1.82, 2.24) is 4.98 Å². The third kappa shape index (κ3) is 4.32. The van der Waals surface area contributed by atoms with E-state index in [0.29, 0.717) is 12.2 Å². The van der Waals surface area contributed by atoms with Crippen molar-refractivity contribution in [2.24, 2.45) is 0 Å². The third-order valence-corrected chi connectivity index (χ3v) is 4.82. The standard InChI is InChI=1S/C18H20BrN3O/c19-16-7-3-2-6-14(16)12-18(23)21-17-9-8-15(13-20-17)22-10-4-1-5-11-22/h2-3,6-9,13H,1,4-5,10-12H2,(H,20,21,23). The fraction of sp³-hybridized carbons (Fsp3) is 0.333. The normalized spacial score (nSPS) is 14.6. The van der Waals surface area contributed by atoms with Gasteiger partial charge in [0.15, 0.2) is 0 Å². The second-order valence-electron chi connectivity index (χ2n) is 5.77. The number of hydrogen-bond donors (Lipinski definition) is 1. The summed E-state index contributed by atoms with van der Waals surface area (Å²) in [5, 5.41) is 2.86. The third-order valence-electron chi connectivity index (χ3n) is 4.05. The first-order chi connectivity index (χ1) is 11.2. The Labute approximate surface area is 145 Å². The molecule has 0 atom stereocenters. The van der Waals surface area contributed by atoms with Crippen LogP contribution in [0.5, 0.6) is 0 Å². The molecule has 1 aromatic heterocycles. The van der Waals surface area contributed by atoms with E-state index in [2.05, 4.69) is 31.1 Å². The van der Waals surface area contributed by atoms with E-state index in [9.17, 15) is 4.79 Å². The highest BCUT2D eigenvalue weighted by Crippen LogP contribution is 2.20. The zero-order valence-corrected chi connectivity index (χ0v) is 14.6. The van der Waals surface area contributed by atoms with Crippen LogP contribution in [0.1, 0.15) is 24.8 Å². The van der Waals surface area contributed by atoms with Crippen LogP contribution in [-0.4, -0.2) is 24.0 Å². The van der Waals surface area contributed by atoms with Gasteiger partial charge in [0, 0.05) is 17.6 Å². The smallest absolute Gasteiger partial charge is 0.229 e. The number of anilines is 2. The summed E-state index contributed by atoms with van der Waals surface area (Å²) < 4.78 is 0.948. The van der Waals surface area contributed by atoms with Crippen LogP contribution < -0.4 is 10.2 Å². The summed E-state index contributed by atoms with van der Waals surface area (Å²) in [5.74, 6) is 0.540. The van der Waals surface area contributed by atoms with Crippen molar-refractivity contribution in [3.05, 3.63) is 52.6 Å². The van der Waals surface area contributed by atoms with Crippen LogP contribution in [0.2, 0.25) is 0 Å². The van der Waals surface area contributed by atoms with Gasteiger partial charge in [-0.25, -0.2) is 4.98 Å². The number of rotatable bonds is 4. The molecule has 120 valence electrons. The fourth-order valence-corrected chi connectivity index (χ4v) is 3.23. The minimum atomic E-state index is -0.0601. The zero-order chi connectivity index (χ0) is 16.1. The molecule has 1 saturated heterocycles. The van der Waals surface area contributed by atoms with Gasteiger partial charge in [0.1, 0.15) is 5.82 Å². The lowest BCUT2D eigenvalue weighted by Crippen LogP contribution is -2.29. The van der Waals surface area contributed by atoms with E-state index < -0.39 is 0 Å². The van der Waals surface area contributed by atoms with Gasteiger partial charge < -0.3 is 10.2 Å². The second-order valence-corrected chi connectivity index (χ2v) is 6.62. The first kappa shape index (κ1) is 16.0. The first-order valence-corrected chi connectivity index (χ1v) is 8.76. The van der Waals surface area contributed by atoms with Gasteiger partial charge in [0.05, 0.1) is 18.3 Å². The summed E-state index contributed by atoms with van der Waals surface area (Å²) in [6, 6.07) is 11.7. The summed E-state index contributed by atoms with van der Waals surface area (Å²) in [7, 11) is 0. The molecule has 2 aromatic rings. The number of piperidine rings is 1. The Morgan fingerprint density at radius 2 is 1.91 bits per heavy atom. The Morgan fingerprint density at radius 3 is 2.61 bits per heavy atom. The minimum Gasteiger partial charge on any atom is -0.370 e. The van der Waals surface area contributed by atoms with Gasteiger partial charge in [-0.05, 0) is 43.0 Å². The van der Waals surface area contributed by atoms with E-state index in [1.165, 1.54) is 19.3 Å². The molecule has 5 heteroatoms. The Morgan fingerprint density at radius 1 is 1.13 bits per heavy atom. The highest BCUT2D eigenvalue weighted by molar-refractivity contribution is 9.10. The Balaban J connectivity index is 1.59. The van der Waals surface area contributed by atoms with E-state index in [1.807, 2.05) is 42.6 Å². The van der Waals surface area contributed by atoms with Crippen molar-refractivity contribution >= 4 is 33.3 Å². The molecule has 1 fully saturated rings. The predicted octanol–water partition coefficient (Wildman–Crippen LogP) is 4.02. The largest absolute Gasteiger partial charge is 0.370 e.